The molecule has 0 bridgehead atoms. The lowest BCUT2D eigenvalue weighted by molar-refractivity contribution is 0.248. The van der Waals surface area contributed by atoms with Crippen LogP contribution in [0.15, 0.2) is 17.1 Å². The van der Waals surface area contributed by atoms with Crippen LogP contribution < -0.4 is 10.3 Å². The minimum absolute atomic E-state index is 0.165. The summed E-state index contributed by atoms with van der Waals surface area (Å²) < 4.78 is 7.21. The topological polar surface area (TPSA) is 57.0 Å². The van der Waals surface area contributed by atoms with Crippen molar-refractivity contribution in [3.63, 3.8) is 0 Å². The van der Waals surface area contributed by atoms with Gasteiger partial charge in [-0.15, -0.1) is 0 Å². The maximum atomic E-state index is 12.2. The minimum Gasteiger partial charge on any atom is -0.488 e. The fourth-order valence-electron chi connectivity index (χ4n) is 2.68. The Morgan fingerprint density at radius 3 is 2.95 bits per heavy atom. The van der Waals surface area contributed by atoms with Crippen LogP contribution in [0.25, 0.3) is 11.0 Å². The Bertz CT molecular complexity index is 693. The maximum absolute atomic E-state index is 12.2. The van der Waals surface area contributed by atoms with E-state index in [0.29, 0.717) is 29.3 Å². The Morgan fingerprint density at radius 2 is 2.20 bits per heavy atom. The van der Waals surface area contributed by atoms with Crippen LogP contribution in [0.2, 0.25) is 5.28 Å². The third-order valence-corrected chi connectivity index (χ3v) is 4.04. The van der Waals surface area contributed by atoms with E-state index in [1.54, 1.807) is 19.3 Å². The van der Waals surface area contributed by atoms with Gasteiger partial charge in [0.25, 0.3) is 5.56 Å². The molecule has 20 heavy (non-hydrogen) atoms. The molecule has 2 aromatic rings. The van der Waals surface area contributed by atoms with Gasteiger partial charge in [-0.25, -0.2) is 9.97 Å². The van der Waals surface area contributed by atoms with E-state index in [4.69, 9.17) is 16.3 Å². The normalized spacial score (nSPS) is 15.9. The van der Waals surface area contributed by atoms with Gasteiger partial charge in [-0.1, -0.05) is 12.8 Å². The Morgan fingerprint density at radius 1 is 1.45 bits per heavy atom. The first-order valence-electron chi connectivity index (χ1n) is 6.80. The van der Waals surface area contributed by atoms with Gasteiger partial charge in [0.05, 0.1) is 23.8 Å². The summed E-state index contributed by atoms with van der Waals surface area (Å²) in [4.78, 5) is 20.3. The van der Waals surface area contributed by atoms with Crippen molar-refractivity contribution < 1.29 is 4.74 Å². The molecular formula is C14H16ClN3O2. The maximum Gasteiger partial charge on any atom is 0.293 e. The molecule has 2 heterocycles. The van der Waals surface area contributed by atoms with Crippen LogP contribution in [-0.4, -0.2) is 21.1 Å². The molecule has 1 aliphatic carbocycles. The predicted molar refractivity (Wildman–Crippen MR) is 77.2 cm³/mol. The lowest BCUT2D eigenvalue weighted by atomic mass is 10.1. The van der Waals surface area contributed by atoms with Gasteiger partial charge < -0.3 is 9.30 Å². The van der Waals surface area contributed by atoms with Crippen molar-refractivity contribution >= 4 is 22.6 Å². The number of rotatable bonds is 3. The second-order valence-corrected chi connectivity index (χ2v) is 5.58. The van der Waals surface area contributed by atoms with Crippen molar-refractivity contribution in [3.05, 3.63) is 27.9 Å². The highest BCUT2D eigenvalue weighted by Crippen LogP contribution is 2.25. The van der Waals surface area contributed by atoms with Gasteiger partial charge in [0.1, 0.15) is 0 Å². The van der Waals surface area contributed by atoms with Crippen LogP contribution in [0.3, 0.4) is 0 Å². The molecular weight excluding hydrogens is 278 g/mol. The zero-order chi connectivity index (χ0) is 14.1. The quantitative estimate of drug-likeness (QED) is 0.816. The fraction of sp³-hybridized carbons (Fsp3) is 0.500. The molecule has 1 fully saturated rings. The number of pyridine rings is 1. The van der Waals surface area contributed by atoms with E-state index >= 15 is 0 Å². The van der Waals surface area contributed by atoms with Crippen molar-refractivity contribution in [1.82, 2.24) is 14.5 Å². The Hall–Kier alpha value is -1.62. The lowest BCUT2D eigenvalue weighted by Crippen LogP contribution is -2.21. The molecule has 1 saturated carbocycles. The summed E-state index contributed by atoms with van der Waals surface area (Å²) in [6.45, 7) is 0.597. The highest BCUT2D eigenvalue weighted by molar-refractivity contribution is 6.28. The van der Waals surface area contributed by atoms with Gasteiger partial charge >= 0.3 is 0 Å². The third kappa shape index (κ3) is 2.50. The third-order valence-electron chi connectivity index (χ3n) is 3.86. The molecule has 0 aliphatic heterocycles. The predicted octanol–water partition coefficient (Wildman–Crippen LogP) is 2.55. The van der Waals surface area contributed by atoms with Crippen LogP contribution in [0.5, 0.6) is 5.75 Å². The van der Waals surface area contributed by atoms with Crippen molar-refractivity contribution in [2.75, 3.05) is 6.61 Å². The fourth-order valence-corrected chi connectivity index (χ4v) is 2.82. The first kappa shape index (κ1) is 13.4. The standard InChI is InChI=1S/C14H16ClN3O2/c1-18-11-7-16-14(15)17-10(11)6-12(13(18)19)20-8-9-4-2-3-5-9/h6-7,9H,2-5,8H2,1H3. The molecule has 3 rings (SSSR count). The summed E-state index contributed by atoms with van der Waals surface area (Å²) in [5.74, 6) is 0.894. The molecule has 0 atom stereocenters. The summed E-state index contributed by atoms with van der Waals surface area (Å²) >= 11 is 5.79. The Balaban J connectivity index is 1.93. The minimum atomic E-state index is -0.165. The molecule has 0 amide bonds. The van der Waals surface area contributed by atoms with Gasteiger partial charge in [-0.2, -0.15) is 0 Å². The Labute approximate surface area is 121 Å². The molecule has 106 valence electrons. The van der Waals surface area contributed by atoms with Crippen LogP contribution in [-0.2, 0) is 7.05 Å². The number of ether oxygens (including phenoxy) is 1. The molecule has 2 aromatic heterocycles. The highest BCUT2D eigenvalue weighted by Gasteiger charge is 2.17. The number of halogens is 1. The zero-order valence-electron chi connectivity index (χ0n) is 11.3. The van der Waals surface area contributed by atoms with Gasteiger partial charge in [0.2, 0.25) is 5.28 Å². The van der Waals surface area contributed by atoms with E-state index in [1.807, 2.05) is 0 Å². The first-order valence-corrected chi connectivity index (χ1v) is 7.18. The molecule has 1 aliphatic rings. The number of hydrogen-bond acceptors (Lipinski definition) is 4. The summed E-state index contributed by atoms with van der Waals surface area (Å²) in [7, 11) is 1.68. The summed E-state index contributed by atoms with van der Waals surface area (Å²) in [5.41, 5.74) is 1.10. The van der Waals surface area contributed by atoms with E-state index in [2.05, 4.69) is 9.97 Å². The summed E-state index contributed by atoms with van der Waals surface area (Å²) in [6, 6.07) is 1.65. The largest absolute Gasteiger partial charge is 0.488 e. The second-order valence-electron chi connectivity index (χ2n) is 5.24. The van der Waals surface area contributed by atoms with Gasteiger partial charge in [-0.3, -0.25) is 4.79 Å². The van der Waals surface area contributed by atoms with Crippen LogP contribution in [0, 0.1) is 5.92 Å². The van der Waals surface area contributed by atoms with Crippen molar-refractivity contribution in [1.29, 1.82) is 0 Å². The molecule has 0 saturated heterocycles. The second kappa shape index (κ2) is 5.40. The molecule has 0 N–H and O–H groups in total. The highest BCUT2D eigenvalue weighted by atomic mass is 35.5. The molecule has 0 aromatic carbocycles. The SMILES string of the molecule is Cn1c(=O)c(OCC2CCCC2)cc2nc(Cl)ncc21. The number of fused-ring (bicyclic) bond motifs is 1. The molecule has 0 unspecified atom stereocenters. The molecule has 6 heteroatoms. The van der Waals surface area contributed by atoms with Crippen molar-refractivity contribution in [3.8, 4) is 5.75 Å². The van der Waals surface area contributed by atoms with Gasteiger partial charge in [-0.05, 0) is 30.4 Å². The van der Waals surface area contributed by atoms with E-state index in [9.17, 15) is 4.79 Å². The van der Waals surface area contributed by atoms with E-state index in [0.717, 1.165) is 0 Å². The molecule has 0 spiro atoms. The number of aryl methyl sites for hydroxylation is 1. The van der Waals surface area contributed by atoms with Crippen LogP contribution in [0.1, 0.15) is 25.7 Å². The Kier molecular flexibility index (Phi) is 3.61. The van der Waals surface area contributed by atoms with Gasteiger partial charge in [0, 0.05) is 13.1 Å². The van der Waals surface area contributed by atoms with Crippen LogP contribution in [0.4, 0.5) is 0 Å². The van der Waals surface area contributed by atoms with Crippen molar-refractivity contribution in [2.45, 2.75) is 25.7 Å². The van der Waals surface area contributed by atoms with E-state index < -0.39 is 0 Å². The first-order chi connectivity index (χ1) is 9.65. The van der Waals surface area contributed by atoms with E-state index in [-0.39, 0.29) is 10.8 Å². The summed E-state index contributed by atoms with van der Waals surface area (Å²) in [6.07, 6.45) is 6.43. The zero-order valence-corrected chi connectivity index (χ0v) is 12.1. The smallest absolute Gasteiger partial charge is 0.293 e. The van der Waals surface area contributed by atoms with E-state index in [1.165, 1.54) is 30.3 Å². The van der Waals surface area contributed by atoms with Crippen molar-refractivity contribution in [2.24, 2.45) is 13.0 Å². The number of nitrogens with zero attached hydrogens (tertiary/aromatic N) is 3. The molecule has 0 radical (unpaired) electrons. The monoisotopic (exact) mass is 293 g/mol. The lowest BCUT2D eigenvalue weighted by Gasteiger charge is -2.12. The van der Waals surface area contributed by atoms with Crippen LogP contribution >= 0.6 is 11.6 Å². The molecule has 5 nitrogen and oxygen atoms in total. The number of aromatic nitrogens is 3. The summed E-state index contributed by atoms with van der Waals surface area (Å²) in [5, 5.41) is 0.165. The van der Waals surface area contributed by atoms with Gasteiger partial charge in [0.15, 0.2) is 5.75 Å². The number of hydrogen-bond donors (Lipinski definition) is 0. The average Bonchev–Trinajstić information content (AvgIpc) is 2.94. The average molecular weight is 294 g/mol.